The predicted molar refractivity (Wildman–Crippen MR) is 77.3 cm³/mol. The fourth-order valence-electron chi connectivity index (χ4n) is 2.42. The number of likely N-dealkylation sites (tertiary alicyclic amines) is 1. The lowest BCUT2D eigenvalue weighted by Crippen LogP contribution is -2.29. The lowest BCUT2D eigenvalue weighted by Gasteiger charge is -2.14. The topological polar surface area (TPSA) is 84.4 Å². The summed E-state index contributed by atoms with van der Waals surface area (Å²) >= 11 is 0. The maximum Gasteiger partial charge on any atom is 0.295 e. The third-order valence-corrected chi connectivity index (χ3v) is 3.49. The van der Waals surface area contributed by atoms with Crippen molar-refractivity contribution in [3.05, 3.63) is 18.2 Å². The minimum Gasteiger partial charge on any atom is -0.423 e. The minimum atomic E-state index is 0.190. The van der Waals surface area contributed by atoms with Crippen molar-refractivity contribution < 1.29 is 9.21 Å². The standard InChI is InChI=1S/C14H18N4O2/c15-10-3-4-11-12(9-10)20-14(17-11)16-6-5-13(19)18-7-1-2-8-18/h3-4,9H,1-2,5-8,15H2,(H,16,17). The fraction of sp³-hybridized carbons (Fsp3) is 0.429. The van der Waals surface area contributed by atoms with Gasteiger partial charge in [-0.2, -0.15) is 4.98 Å². The molecule has 2 aromatic rings. The number of amides is 1. The Morgan fingerprint density at radius 3 is 3.00 bits per heavy atom. The predicted octanol–water partition coefficient (Wildman–Crippen LogP) is 1.83. The summed E-state index contributed by atoms with van der Waals surface area (Å²) in [5, 5.41) is 3.04. The third-order valence-electron chi connectivity index (χ3n) is 3.49. The number of hydrogen-bond donors (Lipinski definition) is 2. The number of nitrogens with zero attached hydrogens (tertiary/aromatic N) is 2. The highest BCUT2D eigenvalue weighted by atomic mass is 16.4. The van der Waals surface area contributed by atoms with E-state index in [2.05, 4.69) is 10.3 Å². The summed E-state index contributed by atoms with van der Waals surface area (Å²) in [5.41, 5.74) is 7.74. The van der Waals surface area contributed by atoms with E-state index in [0.717, 1.165) is 31.4 Å². The number of nitrogens with one attached hydrogen (secondary N) is 1. The second-order valence-electron chi connectivity index (χ2n) is 5.01. The Morgan fingerprint density at radius 1 is 1.40 bits per heavy atom. The maximum absolute atomic E-state index is 11.9. The van der Waals surface area contributed by atoms with Crippen LogP contribution in [0, 0.1) is 0 Å². The molecule has 20 heavy (non-hydrogen) atoms. The van der Waals surface area contributed by atoms with Crippen LogP contribution in [0.1, 0.15) is 19.3 Å². The van der Waals surface area contributed by atoms with Crippen molar-refractivity contribution in [1.29, 1.82) is 0 Å². The maximum atomic E-state index is 11.9. The van der Waals surface area contributed by atoms with Crippen LogP contribution in [0.5, 0.6) is 0 Å². The number of anilines is 2. The van der Waals surface area contributed by atoms with Gasteiger partial charge in [-0.05, 0) is 25.0 Å². The van der Waals surface area contributed by atoms with Crippen molar-refractivity contribution in [2.45, 2.75) is 19.3 Å². The first-order valence-electron chi connectivity index (χ1n) is 6.90. The highest BCUT2D eigenvalue weighted by Gasteiger charge is 2.17. The molecule has 0 aliphatic carbocycles. The van der Waals surface area contributed by atoms with E-state index in [1.54, 1.807) is 12.1 Å². The number of aromatic nitrogens is 1. The van der Waals surface area contributed by atoms with Gasteiger partial charge in [-0.15, -0.1) is 0 Å². The van der Waals surface area contributed by atoms with E-state index in [-0.39, 0.29) is 5.91 Å². The second-order valence-corrected chi connectivity index (χ2v) is 5.01. The summed E-state index contributed by atoms with van der Waals surface area (Å²) in [5.74, 6) is 0.190. The van der Waals surface area contributed by atoms with Crippen LogP contribution in [0.4, 0.5) is 11.7 Å². The summed E-state index contributed by atoms with van der Waals surface area (Å²) in [6.07, 6.45) is 2.69. The average Bonchev–Trinajstić information content (AvgIpc) is 3.06. The molecule has 1 aliphatic heterocycles. The molecular weight excluding hydrogens is 256 g/mol. The third kappa shape index (κ3) is 2.68. The van der Waals surface area contributed by atoms with Gasteiger partial charge in [0.2, 0.25) is 5.91 Å². The molecule has 0 bridgehead atoms. The van der Waals surface area contributed by atoms with Gasteiger partial charge in [-0.1, -0.05) is 0 Å². The van der Waals surface area contributed by atoms with E-state index >= 15 is 0 Å². The Kier molecular flexibility index (Phi) is 3.45. The highest BCUT2D eigenvalue weighted by Crippen LogP contribution is 2.21. The molecule has 1 aromatic carbocycles. The van der Waals surface area contributed by atoms with Gasteiger partial charge < -0.3 is 20.4 Å². The molecular formula is C14H18N4O2. The zero-order chi connectivity index (χ0) is 13.9. The monoisotopic (exact) mass is 274 g/mol. The molecule has 2 heterocycles. The van der Waals surface area contributed by atoms with E-state index in [1.807, 2.05) is 11.0 Å². The second kappa shape index (κ2) is 5.40. The number of carbonyl (C=O) groups excluding carboxylic acids is 1. The number of fused-ring (bicyclic) bond motifs is 1. The van der Waals surface area contributed by atoms with Crippen molar-refractivity contribution in [2.75, 3.05) is 30.7 Å². The molecule has 3 rings (SSSR count). The van der Waals surface area contributed by atoms with Crippen molar-refractivity contribution in [1.82, 2.24) is 9.88 Å². The molecule has 1 aliphatic rings. The van der Waals surface area contributed by atoms with Crippen LogP contribution < -0.4 is 11.1 Å². The summed E-state index contributed by atoms with van der Waals surface area (Å²) in [6.45, 7) is 2.31. The average molecular weight is 274 g/mol. The number of oxazole rings is 1. The lowest BCUT2D eigenvalue weighted by molar-refractivity contribution is -0.129. The molecule has 0 radical (unpaired) electrons. The molecule has 1 saturated heterocycles. The summed E-state index contributed by atoms with van der Waals surface area (Å²) < 4.78 is 5.53. The molecule has 1 fully saturated rings. The molecule has 3 N–H and O–H groups in total. The Bertz CT molecular complexity index is 617. The normalized spacial score (nSPS) is 14.9. The van der Waals surface area contributed by atoms with E-state index in [4.69, 9.17) is 10.2 Å². The van der Waals surface area contributed by atoms with Gasteiger partial charge in [0.25, 0.3) is 6.01 Å². The number of benzene rings is 1. The van der Waals surface area contributed by atoms with Crippen molar-refractivity contribution in [3.8, 4) is 0 Å². The van der Waals surface area contributed by atoms with Crippen LogP contribution in [-0.4, -0.2) is 35.4 Å². The molecule has 0 saturated carbocycles. The molecule has 0 atom stereocenters. The molecule has 106 valence electrons. The van der Waals surface area contributed by atoms with E-state index in [9.17, 15) is 4.79 Å². The molecule has 0 unspecified atom stereocenters. The highest BCUT2D eigenvalue weighted by molar-refractivity contribution is 5.78. The van der Waals surface area contributed by atoms with Crippen molar-refractivity contribution >= 4 is 28.7 Å². The Balaban J connectivity index is 1.55. The van der Waals surface area contributed by atoms with Gasteiger partial charge >= 0.3 is 0 Å². The van der Waals surface area contributed by atoms with Crippen LogP contribution >= 0.6 is 0 Å². The quantitative estimate of drug-likeness (QED) is 0.831. The molecule has 6 heteroatoms. The smallest absolute Gasteiger partial charge is 0.295 e. The molecule has 1 aromatic heterocycles. The lowest BCUT2D eigenvalue weighted by atomic mass is 10.3. The van der Waals surface area contributed by atoms with Crippen LogP contribution in [0.3, 0.4) is 0 Å². The van der Waals surface area contributed by atoms with Gasteiger partial charge in [0.15, 0.2) is 5.58 Å². The molecule has 6 nitrogen and oxygen atoms in total. The van der Waals surface area contributed by atoms with Crippen molar-refractivity contribution in [3.63, 3.8) is 0 Å². The summed E-state index contributed by atoms with van der Waals surface area (Å²) in [6, 6.07) is 5.77. The number of carbonyl (C=O) groups is 1. The first kappa shape index (κ1) is 12.8. The van der Waals surface area contributed by atoms with Crippen LogP contribution in [0.15, 0.2) is 22.6 Å². The first-order chi connectivity index (χ1) is 9.72. The van der Waals surface area contributed by atoms with Crippen LogP contribution in [-0.2, 0) is 4.79 Å². The minimum absolute atomic E-state index is 0.190. The van der Waals surface area contributed by atoms with Crippen molar-refractivity contribution in [2.24, 2.45) is 0 Å². The zero-order valence-electron chi connectivity index (χ0n) is 11.3. The van der Waals surface area contributed by atoms with Gasteiger partial charge in [0, 0.05) is 37.8 Å². The summed E-state index contributed by atoms with van der Waals surface area (Å²) in [7, 11) is 0. The Morgan fingerprint density at radius 2 is 2.20 bits per heavy atom. The largest absolute Gasteiger partial charge is 0.423 e. The zero-order valence-corrected chi connectivity index (χ0v) is 11.3. The van der Waals surface area contributed by atoms with Gasteiger partial charge in [-0.3, -0.25) is 4.79 Å². The first-order valence-corrected chi connectivity index (χ1v) is 6.90. The SMILES string of the molecule is Nc1ccc2nc(NCCC(=O)N3CCCC3)oc2c1. The van der Waals surface area contributed by atoms with Crippen LogP contribution in [0.2, 0.25) is 0 Å². The van der Waals surface area contributed by atoms with E-state index in [0.29, 0.717) is 30.3 Å². The number of nitrogen functional groups attached to an aromatic ring is 1. The van der Waals surface area contributed by atoms with Gasteiger partial charge in [0.05, 0.1) is 0 Å². The summed E-state index contributed by atoms with van der Waals surface area (Å²) in [4.78, 5) is 18.1. The van der Waals surface area contributed by atoms with Crippen LogP contribution in [0.25, 0.3) is 11.1 Å². The Hall–Kier alpha value is -2.24. The van der Waals surface area contributed by atoms with E-state index in [1.165, 1.54) is 0 Å². The molecule has 0 spiro atoms. The molecule has 1 amide bonds. The van der Waals surface area contributed by atoms with Gasteiger partial charge in [-0.25, -0.2) is 0 Å². The van der Waals surface area contributed by atoms with E-state index < -0.39 is 0 Å². The Labute approximate surface area is 116 Å². The fourth-order valence-corrected chi connectivity index (χ4v) is 2.42. The number of hydrogen-bond acceptors (Lipinski definition) is 5. The van der Waals surface area contributed by atoms with Gasteiger partial charge in [0.1, 0.15) is 5.52 Å². The number of rotatable bonds is 4. The number of nitrogens with two attached hydrogens (primary N) is 1.